The molecule has 63 heavy (non-hydrogen) atoms. The van der Waals surface area contributed by atoms with E-state index in [4.69, 9.17) is 16.2 Å². The van der Waals surface area contributed by atoms with Crippen molar-refractivity contribution in [3.63, 3.8) is 0 Å². The van der Waals surface area contributed by atoms with E-state index in [0.29, 0.717) is 38.5 Å². The summed E-state index contributed by atoms with van der Waals surface area (Å²) in [5.74, 6) is -7.86. The highest BCUT2D eigenvalue weighted by Gasteiger charge is 2.53. The number of nitrogens with zero attached hydrogens (tertiary/aromatic N) is 4. The summed E-state index contributed by atoms with van der Waals surface area (Å²) in [5.41, 5.74) is 10.5. The second kappa shape index (κ2) is 20.8. The van der Waals surface area contributed by atoms with Gasteiger partial charge in [0.05, 0.1) is 19.3 Å². The molecule has 0 aromatic carbocycles. The number of aliphatic hydroxyl groups excluding tert-OH is 3. The molecule has 5 heterocycles. The van der Waals surface area contributed by atoms with E-state index >= 15 is 0 Å². The minimum Gasteiger partial charge on any atom is -0.394 e. The topological polar surface area (TPSA) is 357 Å². The van der Waals surface area contributed by atoms with E-state index in [-0.39, 0.29) is 39.0 Å². The van der Waals surface area contributed by atoms with Gasteiger partial charge in [0.15, 0.2) is 12.2 Å². The van der Waals surface area contributed by atoms with Crippen LogP contribution in [0.1, 0.15) is 72.1 Å². The van der Waals surface area contributed by atoms with Crippen molar-refractivity contribution in [3.8, 4) is 0 Å². The van der Waals surface area contributed by atoms with Crippen molar-refractivity contribution in [2.24, 2.45) is 17.4 Å². The first-order valence-electron chi connectivity index (χ1n) is 21.4. The third kappa shape index (κ3) is 10.8. The lowest BCUT2D eigenvalue weighted by Crippen LogP contribution is -2.59. The lowest BCUT2D eigenvalue weighted by atomic mass is 10.0. The summed E-state index contributed by atoms with van der Waals surface area (Å²) < 4.78 is 5.34. The van der Waals surface area contributed by atoms with Crippen LogP contribution in [0, 0.1) is 5.92 Å². The fraction of sp³-hybridized carbons (Fsp3) is 0.744. The number of primary amides is 2. The number of epoxide rings is 1. The summed E-state index contributed by atoms with van der Waals surface area (Å²) in [6.45, 7) is 3.70. The Hall–Kier alpha value is -5.46. The minimum absolute atomic E-state index is 0.107. The fourth-order valence-electron chi connectivity index (χ4n) is 8.80. The highest BCUT2D eigenvalue weighted by atomic mass is 16.6. The first-order chi connectivity index (χ1) is 29.8. The van der Waals surface area contributed by atoms with Gasteiger partial charge in [-0.2, -0.15) is 0 Å². The molecule has 0 aromatic heterocycles. The van der Waals surface area contributed by atoms with Gasteiger partial charge in [-0.25, -0.2) is 0 Å². The smallest absolute Gasteiger partial charge is 0.253 e. The molecule has 0 spiro atoms. The van der Waals surface area contributed by atoms with Gasteiger partial charge in [-0.3, -0.25) is 47.9 Å². The standard InChI is InChI=1S/C39H60N10O14/c1-18(2)26(39(62)47-13-5-9-23(47)33(56)45-27(19(3)52)31(41)54)44-35(58)29-28(63-29)34(57)43-21(17-51)36(59)48-14-6-10-24(48)38(61)49-15-7-11-25(49)37(60)46-12-4-8-22(46)32(55)42-20(16-50)30(40)53/h18-29,50-52H,4-17H2,1-3H3,(H2,40,53)(H2,41,54)(H,42,55)(H,43,57)(H,44,58)(H,45,56)/t19-,20+,21+,22+,23+,24+,25+,26+,27+,28+,29+/m1/s1. The van der Waals surface area contributed by atoms with Gasteiger partial charge in [0, 0.05) is 26.2 Å². The van der Waals surface area contributed by atoms with Crippen molar-refractivity contribution in [1.82, 2.24) is 40.9 Å². The number of carbonyl (C=O) groups excluding carboxylic acids is 10. The molecule has 350 valence electrons. The van der Waals surface area contributed by atoms with Crippen molar-refractivity contribution >= 4 is 59.1 Å². The summed E-state index contributed by atoms with van der Waals surface area (Å²) in [4.78, 5) is 137. The largest absolute Gasteiger partial charge is 0.394 e. The highest BCUT2D eigenvalue weighted by Crippen LogP contribution is 2.30. The molecule has 0 aliphatic carbocycles. The summed E-state index contributed by atoms with van der Waals surface area (Å²) in [6.07, 6.45) is -1.16. The number of carbonyl (C=O) groups is 10. The molecule has 10 amide bonds. The van der Waals surface area contributed by atoms with E-state index in [1.807, 2.05) is 0 Å². The second-order valence-corrected chi connectivity index (χ2v) is 17.0. The fourth-order valence-corrected chi connectivity index (χ4v) is 8.80. The van der Waals surface area contributed by atoms with Crippen LogP contribution in [0.3, 0.4) is 0 Å². The van der Waals surface area contributed by atoms with Crippen LogP contribution in [0.25, 0.3) is 0 Å². The molecule has 0 saturated carbocycles. The number of ether oxygens (including phenoxy) is 1. The van der Waals surface area contributed by atoms with Crippen LogP contribution in [0.4, 0.5) is 0 Å². The highest BCUT2D eigenvalue weighted by molar-refractivity contribution is 6.01. The van der Waals surface area contributed by atoms with E-state index < -0.39 is 145 Å². The maximum absolute atomic E-state index is 14.1. The first kappa shape index (κ1) is 48.6. The van der Waals surface area contributed by atoms with Gasteiger partial charge >= 0.3 is 0 Å². The van der Waals surface area contributed by atoms with E-state index in [2.05, 4.69) is 21.3 Å². The van der Waals surface area contributed by atoms with Crippen molar-refractivity contribution in [2.75, 3.05) is 39.4 Å². The number of nitrogens with one attached hydrogen (secondary N) is 4. The van der Waals surface area contributed by atoms with Crippen molar-refractivity contribution in [1.29, 1.82) is 0 Å². The van der Waals surface area contributed by atoms with Crippen LogP contribution in [-0.4, -0.2) is 200 Å². The molecule has 24 nitrogen and oxygen atoms in total. The van der Waals surface area contributed by atoms with Crippen LogP contribution >= 0.6 is 0 Å². The number of rotatable bonds is 18. The second-order valence-electron chi connectivity index (χ2n) is 17.0. The Morgan fingerprint density at radius 1 is 0.540 bits per heavy atom. The number of likely N-dealkylation sites (tertiary alicyclic amines) is 4. The third-order valence-electron chi connectivity index (χ3n) is 12.3. The van der Waals surface area contributed by atoms with Crippen molar-refractivity contribution < 1.29 is 68.0 Å². The number of aliphatic hydroxyl groups is 3. The molecule has 0 radical (unpaired) electrons. The molecule has 0 aromatic rings. The van der Waals surface area contributed by atoms with Crippen molar-refractivity contribution in [3.05, 3.63) is 0 Å². The molecule has 0 bridgehead atoms. The SMILES string of the molecule is CC(C)[C@H](NC(=O)[C@H]1O[C@@H]1C(=O)N[C@@H](CO)C(=O)N1CCC[C@H]1C(=O)N1CCC[C@H]1C(=O)N1CCC[C@H]1C(=O)N[C@@H](CO)C(N)=O)C(=O)N1CCC[C@H]1C(=O)N[C@H](C(N)=O)[C@@H](C)O. The maximum Gasteiger partial charge on any atom is 0.253 e. The molecule has 24 heteroatoms. The van der Waals surface area contributed by atoms with Crippen LogP contribution in [0.5, 0.6) is 0 Å². The molecule has 11 N–H and O–H groups in total. The molecule has 5 saturated heterocycles. The predicted octanol–water partition coefficient (Wildman–Crippen LogP) is -6.35. The monoisotopic (exact) mass is 892 g/mol. The number of hydrogen-bond acceptors (Lipinski definition) is 14. The molecule has 5 aliphatic heterocycles. The molecule has 11 atom stereocenters. The minimum atomic E-state index is -1.53. The van der Waals surface area contributed by atoms with Crippen LogP contribution < -0.4 is 32.7 Å². The molecule has 5 fully saturated rings. The van der Waals surface area contributed by atoms with E-state index in [1.54, 1.807) is 13.8 Å². The maximum atomic E-state index is 14.1. The Kier molecular flexibility index (Phi) is 16.0. The van der Waals surface area contributed by atoms with E-state index in [1.165, 1.54) is 26.5 Å². The lowest BCUT2D eigenvalue weighted by molar-refractivity contribution is -0.151. The zero-order chi connectivity index (χ0) is 46.4. The third-order valence-corrected chi connectivity index (χ3v) is 12.3. The average Bonchev–Trinajstić information content (AvgIpc) is 3.79. The summed E-state index contributed by atoms with van der Waals surface area (Å²) in [7, 11) is 0. The Bertz CT molecular complexity index is 1820. The van der Waals surface area contributed by atoms with Crippen LogP contribution in [0.2, 0.25) is 0 Å². The molecule has 5 aliphatic rings. The summed E-state index contributed by atoms with van der Waals surface area (Å²) in [6, 6.07) is -9.34. The molecular formula is C39H60N10O14. The van der Waals surface area contributed by atoms with Crippen LogP contribution in [-0.2, 0) is 52.7 Å². The van der Waals surface area contributed by atoms with Gasteiger partial charge < -0.3 is 72.4 Å². The molecular weight excluding hydrogens is 832 g/mol. The Morgan fingerprint density at radius 3 is 1.41 bits per heavy atom. The predicted molar refractivity (Wildman–Crippen MR) is 214 cm³/mol. The lowest BCUT2D eigenvalue weighted by Gasteiger charge is -2.34. The number of nitrogens with two attached hydrogens (primary N) is 2. The van der Waals surface area contributed by atoms with Gasteiger partial charge in [-0.15, -0.1) is 0 Å². The van der Waals surface area contributed by atoms with E-state index in [9.17, 15) is 63.3 Å². The average molecular weight is 893 g/mol. The van der Waals surface area contributed by atoms with Crippen molar-refractivity contribution in [2.45, 2.75) is 139 Å². The van der Waals surface area contributed by atoms with Gasteiger partial charge in [0.1, 0.15) is 48.3 Å². The Morgan fingerprint density at radius 2 is 0.937 bits per heavy atom. The Balaban J connectivity index is 1.16. The zero-order valence-electron chi connectivity index (χ0n) is 35.6. The quantitative estimate of drug-likeness (QED) is 0.0579. The van der Waals surface area contributed by atoms with Gasteiger partial charge in [-0.05, 0) is 64.2 Å². The first-order valence-corrected chi connectivity index (χ1v) is 21.4. The number of amides is 10. The normalized spacial score (nSPS) is 26.7. The zero-order valence-corrected chi connectivity index (χ0v) is 35.6. The summed E-state index contributed by atoms with van der Waals surface area (Å²) in [5, 5.41) is 39.3. The number of hydrogen-bond donors (Lipinski definition) is 9. The van der Waals surface area contributed by atoms with Crippen LogP contribution in [0.15, 0.2) is 0 Å². The molecule has 0 unspecified atom stereocenters. The van der Waals surface area contributed by atoms with Gasteiger partial charge in [-0.1, -0.05) is 13.8 Å². The Labute approximate surface area is 363 Å². The van der Waals surface area contributed by atoms with Gasteiger partial charge in [0.2, 0.25) is 47.3 Å². The van der Waals surface area contributed by atoms with Gasteiger partial charge in [0.25, 0.3) is 11.8 Å². The summed E-state index contributed by atoms with van der Waals surface area (Å²) >= 11 is 0. The van der Waals surface area contributed by atoms with E-state index in [0.717, 1.165) is 0 Å². The molecule has 5 rings (SSSR count).